The summed E-state index contributed by atoms with van der Waals surface area (Å²) in [5, 5.41) is 14.3. The fourth-order valence-corrected chi connectivity index (χ4v) is 2.30. The number of nitrogens with one attached hydrogen (secondary N) is 1. The van der Waals surface area contributed by atoms with Crippen molar-refractivity contribution < 1.29 is 9.90 Å². The minimum Gasteiger partial charge on any atom is -0.507 e. The third-order valence-corrected chi connectivity index (χ3v) is 3.46. The lowest BCUT2D eigenvalue weighted by Crippen LogP contribution is -2.12. The number of phenols is 1. The van der Waals surface area contributed by atoms with Gasteiger partial charge in [-0.2, -0.15) is 0 Å². The summed E-state index contributed by atoms with van der Waals surface area (Å²) >= 11 is 0. The molecule has 0 radical (unpaired) electrons. The Balaban J connectivity index is 1.96. The molecule has 3 aromatic carbocycles. The molecule has 0 aliphatic rings. The molecule has 0 atom stereocenters. The second kappa shape index (κ2) is 5.29. The van der Waals surface area contributed by atoms with Crippen LogP contribution in [0.4, 0.5) is 5.69 Å². The Bertz CT molecular complexity index is 807. The van der Waals surface area contributed by atoms with Gasteiger partial charge in [0.1, 0.15) is 5.75 Å². The Morgan fingerprint density at radius 2 is 1.57 bits per heavy atom. The lowest BCUT2D eigenvalue weighted by atomic mass is 10.1. The van der Waals surface area contributed by atoms with Gasteiger partial charge in [0.05, 0.1) is 0 Å². The van der Waals surface area contributed by atoms with Crippen LogP contribution >= 0.6 is 0 Å². The highest BCUT2D eigenvalue weighted by Gasteiger charge is 2.09. The maximum absolute atomic E-state index is 12.3. The fraction of sp³-hybridized carbons (Fsp3) is 0.0556. The number of anilines is 1. The van der Waals surface area contributed by atoms with Gasteiger partial charge in [0, 0.05) is 22.0 Å². The zero-order valence-corrected chi connectivity index (χ0v) is 11.6. The predicted molar refractivity (Wildman–Crippen MR) is 84.7 cm³/mol. The number of aryl methyl sites for hydroxylation is 1. The smallest absolute Gasteiger partial charge is 0.255 e. The number of rotatable bonds is 2. The maximum atomic E-state index is 12.3. The van der Waals surface area contributed by atoms with E-state index in [1.807, 2.05) is 43.3 Å². The Labute approximate surface area is 122 Å². The number of carbonyl (C=O) groups is 1. The summed E-state index contributed by atoms with van der Waals surface area (Å²) in [5.74, 6) is 0.0461. The second-order valence-electron chi connectivity index (χ2n) is 5.00. The third-order valence-electron chi connectivity index (χ3n) is 3.46. The normalized spacial score (nSPS) is 10.5. The molecule has 0 saturated heterocycles. The van der Waals surface area contributed by atoms with Gasteiger partial charge < -0.3 is 10.4 Å². The van der Waals surface area contributed by atoms with Crippen LogP contribution in [0.25, 0.3) is 10.8 Å². The molecule has 104 valence electrons. The topological polar surface area (TPSA) is 49.3 Å². The molecule has 2 N–H and O–H groups in total. The van der Waals surface area contributed by atoms with E-state index in [-0.39, 0.29) is 11.7 Å². The lowest BCUT2D eigenvalue weighted by Gasteiger charge is -2.09. The molecule has 0 fully saturated rings. The Morgan fingerprint density at radius 1 is 0.905 bits per heavy atom. The molecule has 0 saturated carbocycles. The summed E-state index contributed by atoms with van der Waals surface area (Å²) in [4.78, 5) is 12.3. The van der Waals surface area contributed by atoms with Gasteiger partial charge in [0.25, 0.3) is 5.91 Å². The molecule has 0 bridgehead atoms. The van der Waals surface area contributed by atoms with Gasteiger partial charge in [-0.25, -0.2) is 0 Å². The average molecular weight is 277 g/mol. The minimum atomic E-state index is -0.161. The predicted octanol–water partition coefficient (Wildman–Crippen LogP) is 4.11. The van der Waals surface area contributed by atoms with Crippen LogP contribution in [0, 0.1) is 6.92 Å². The Kier molecular flexibility index (Phi) is 3.32. The molecule has 3 aromatic rings. The summed E-state index contributed by atoms with van der Waals surface area (Å²) in [5.41, 5.74) is 2.41. The van der Waals surface area contributed by atoms with Gasteiger partial charge in [-0.05, 0) is 31.2 Å². The van der Waals surface area contributed by atoms with Crippen LogP contribution in [-0.2, 0) is 0 Å². The first kappa shape index (κ1) is 13.2. The number of hydrogen-bond donors (Lipinski definition) is 2. The minimum absolute atomic E-state index is 0.161. The van der Waals surface area contributed by atoms with Crippen LogP contribution in [0.5, 0.6) is 5.75 Å². The first-order chi connectivity index (χ1) is 10.1. The summed E-state index contributed by atoms with van der Waals surface area (Å²) < 4.78 is 0. The van der Waals surface area contributed by atoms with E-state index in [2.05, 4.69) is 5.32 Å². The van der Waals surface area contributed by atoms with Gasteiger partial charge in [0.15, 0.2) is 0 Å². The molecule has 0 unspecified atom stereocenters. The standard InChI is InChI=1S/C18H15NO2/c1-12-8-10-13(11-9-12)18(21)19-16-6-2-5-15-14(16)4-3-7-17(15)20/h2-11,20H,1H3,(H,19,21). The number of amides is 1. The molecule has 21 heavy (non-hydrogen) atoms. The number of phenolic OH excluding ortho intramolecular Hbond substituents is 1. The SMILES string of the molecule is Cc1ccc(C(=O)Nc2cccc3c(O)cccc23)cc1. The van der Waals surface area contributed by atoms with Gasteiger partial charge in [-0.15, -0.1) is 0 Å². The molecular weight excluding hydrogens is 262 g/mol. The molecule has 0 aliphatic heterocycles. The van der Waals surface area contributed by atoms with Crippen molar-refractivity contribution in [2.75, 3.05) is 5.32 Å². The van der Waals surface area contributed by atoms with Crippen molar-refractivity contribution in [1.82, 2.24) is 0 Å². The number of carbonyl (C=O) groups excluding carboxylic acids is 1. The highest BCUT2D eigenvalue weighted by atomic mass is 16.3. The molecule has 1 amide bonds. The zero-order valence-electron chi connectivity index (χ0n) is 11.6. The molecule has 3 nitrogen and oxygen atoms in total. The van der Waals surface area contributed by atoms with Crippen LogP contribution in [0.1, 0.15) is 15.9 Å². The lowest BCUT2D eigenvalue weighted by molar-refractivity contribution is 0.102. The molecule has 0 heterocycles. The van der Waals surface area contributed by atoms with Crippen LogP contribution in [0.3, 0.4) is 0 Å². The van der Waals surface area contributed by atoms with E-state index < -0.39 is 0 Å². The number of fused-ring (bicyclic) bond motifs is 1. The zero-order chi connectivity index (χ0) is 14.8. The van der Waals surface area contributed by atoms with Crippen molar-refractivity contribution in [3.05, 3.63) is 71.8 Å². The first-order valence-electron chi connectivity index (χ1n) is 6.74. The van der Waals surface area contributed by atoms with Crippen LogP contribution < -0.4 is 5.32 Å². The third kappa shape index (κ3) is 2.58. The molecule has 3 rings (SSSR count). The summed E-state index contributed by atoms with van der Waals surface area (Å²) in [6.45, 7) is 1.98. The van der Waals surface area contributed by atoms with E-state index in [0.717, 1.165) is 16.3 Å². The number of aromatic hydroxyl groups is 1. The number of benzene rings is 3. The van der Waals surface area contributed by atoms with Crippen molar-refractivity contribution in [2.24, 2.45) is 0 Å². The summed E-state index contributed by atoms with van der Waals surface area (Å²) in [6.07, 6.45) is 0. The highest BCUT2D eigenvalue weighted by Crippen LogP contribution is 2.30. The largest absolute Gasteiger partial charge is 0.507 e. The summed E-state index contributed by atoms with van der Waals surface area (Å²) in [7, 11) is 0. The highest BCUT2D eigenvalue weighted by molar-refractivity contribution is 6.09. The van der Waals surface area contributed by atoms with Crippen molar-refractivity contribution in [3.63, 3.8) is 0 Å². The van der Waals surface area contributed by atoms with Crippen molar-refractivity contribution >= 4 is 22.4 Å². The maximum Gasteiger partial charge on any atom is 0.255 e. The van der Waals surface area contributed by atoms with E-state index in [1.54, 1.807) is 24.3 Å². The first-order valence-corrected chi connectivity index (χ1v) is 6.74. The molecule has 0 spiro atoms. The monoisotopic (exact) mass is 277 g/mol. The quantitative estimate of drug-likeness (QED) is 0.740. The van der Waals surface area contributed by atoms with Crippen molar-refractivity contribution in [2.45, 2.75) is 6.92 Å². The molecule has 0 aromatic heterocycles. The van der Waals surface area contributed by atoms with E-state index in [9.17, 15) is 9.90 Å². The van der Waals surface area contributed by atoms with Gasteiger partial charge in [0.2, 0.25) is 0 Å². The molecular formula is C18H15NO2. The molecule has 0 aliphatic carbocycles. The van der Waals surface area contributed by atoms with E-state index >= 15 is 0 Å². The van der Waals surface area contributed by atoms with Gasteiger partial charge >= 0.3 is 0 Å². The Morgan fingerprint density at radius 3 is 2.33 bits per heavy atom. The van der Waals surface area contributed by atoms with Crippen LogP contribution in [0.2, 0.25) is 0 Å². The van der Waals surface area contributed by atoms with Crippen LogP contribution in [-0.4, -0.2) is 11.0 Å². The van der Waals surface area contributed by atoms with Crippen LogP contribution in [0.15, 0.2) is 60.7 Å². The van der Waals surface area contributed by atoms with Crippen molar-refractivity contribution in [3.8, 4) is 5.75 Å². The van der Waals surface area contributed by atoms with Crippen molar-refractivity contribution in [1.29, 1.82) is 0 Å². The molecule has 3 heteroatoms. The van der Waals surface area contributed by atoms with E-state index in [4.69, 9.17) is 0 Å². The number of hydrogen-bond acceptors (Lipinski definition) is 2. The Hall–Kier alpha value is -2.81. The second-order valence-corrected chi connectivity index (χ2v) is 5.00. The van der Waals surface area contributed by atoms with Gasteiger partial charge in [-0.3, -0.25) is 4.79 Å². The van der Waals surface area contributed by atoms with Gasteiger partial charge in [-0.1, -0.05) is 42.0 Å². The fourth-order valence-electron chi connectivity index (χ4n) is 2.30. The van der Waals surface area contributed by atoms with E-state index in [1.165, 1.54) is 0 Å². The average Bonchev–Trinajstić information content (AvgIpc) is 2.49. The van der Waals surface area contributed by atoms with E-state index in [0.29, 0.717) is 11.3 Å². The summed E-state index contributed by atoms with van der Waals surface area (Å²) in [6, 6.07) is 18.1.